The van der Waals surface area contributed by atoms with E-state index in [0.717, 1.165) is 6.20 Å². The third kappa shape index (κ3) is 4.93. The van der Waals surface area contributed by atoms with E-state index in [1.165, 1.54) is 21.1 Å². The first-order valence-electron chi connectivity index (χ1n) is 6.55. The number of methoxy groups -OCH3 is 2. The quantitative estimate of drug-likeness (QED) is 0.508. The Hall–Kier alpha value is -3.21. The van der Waals surface area contributed by atoms with Gasteiger partial charge in [-0.3, -0.25) is 9.59 Å². The summed E-state index contributed by atoms with van der Waals surface area (Å²) < 4.78 is 10.2. The number of nitriles is 1. The average Bonchev–Trinajstić information content (AvgIpc) is 2.54. The number of nitrogens with zero attached hydrogens (tertiary/aromatic N) is 1. The number of aliphatic carboxylic acids is 1. The minimum Gasteiger partial charge on any atom is -0.493 e. The van der Waals surface area contributed by atoms with Gasteiger partial charge in [-0.05, 0) is 19.1 Å². The molecule has 0 aromatic heterocycles. The normalized spacial score (nSPS) is 11.8. The van der Waals surface area contributed by atoms with Crippen LogP contribution in [-0.4, -0.2) is 37.2 Å². The molecule has 1 aromatic rings. The number of rotatable bonds is 7. The van der Waals surface area contributed by atoms with Crippen LogP contribution in [0.25, 0.3) is 0 Å². The van der Waals surface area contributed by atoms with Crippen molar-refractivity contribution in [1.82, 2.24) is 5.32 Å². The van der Waals surface area contributed by atoms with Gasteiger partial charge in [-0.15, -0.1) is 0 Å². The number of amides is 1. The highest BCUT2D eigenvalue weighted by molar-refractivity contribution is 6.06. The number of benzene rings is 1. The molecule has 1 amide bonds. The van der Waals surface area contributed by atoms with E-state index in [2.05, 4.69) is 10.6 Å². The van der Waals surface area contributed by atoms with E-state index >= 15 is 0 Å². The Morgan fingerprint density at radius 3 is 2.48 bits per heavy atom. The molecule has 1 aromatic carbocycles. The summed E-state index contributed by atoms with van der Waals surface area (Å²) in [6.45, 7) is 1.39. The first-order valence-corrected chi connectivity index (χ1v) is 6.55. The molecule has 1 rings (SSSR count). The lowest BCUT2D eigenvalue weighted by Gasteiger charge is -2.11. The predicted molar refractivity (Wildman–Crippen MR) is 82.1 cm³/mol. The molecule has 0 saturated heterocycles. The van der Waals surface area contributed by atoms with Crippen molar-refractivity contribution in [2.24, 2.45) is 0 Å². The maximum atomic E-state index is 12.0. The van der Waals surface area contributed by atoms with Crippen LogP contribution in [0.15, 0.2) is 30.0 Å². The molecular weight excluding hydrogens is 302 g/mol. The van der Waals surface area contributed by atoms with Gasteiger partial charge in [0.2, 0.25) is 0 Å². The van der Waals surface area contributed by atoms with Gasteiger partial charge in [0.1, 0.15) is 17.7 Å². The summed E-state index contributed by atoms with van der Waals surface area (Å²) in [5.74, 6) is -0.854. The third-order valence-electron chi connectivity index (χ3n) is 2.85. The predicted octanol–water partition coefficient (Wildman–Crippen LogP) is 1.11. The molecule has 8 heteroatoms. The number of nitrogens with one attached hydrogen (secondary N) is 2. The second-order valence-corrected chi connectivity index (χ2v) is 4.42. The van der Waals surface area contributed by atoms with Gasteiger partial charge in [-0.1, -0.05) is 0 Å². The van der Waals surface area contributed by atoms with E-state index in [9.17, 15) is 9.59 Å². The highest BCUT2D eigenvalue weighted by Crippen LogP contribution is 2.29. The molecule has 122 valence electrons. The summed E-state index contributed by atoms with van der Waals surface area (Å²) in [5, 5.41) is 22.7. The van der Waals surface area contributed by atoms with E-state index in [1.807, 2.05) is 0 Å². The SMILES string of the molecule is COc1ccc(NC(=O)/C(C#N)=C\NC(C)C(=O)O)cc1OC. The molecule has 0 fully saturated rings. The lowest BCUT2D eigenvalue weighted by molar-refractivity contribution is -0.138. The van der Waals surface area contributed by atoms with Crippen LogP contribution < -0.4 is 20.1 Å². The summed E-state index contributed by atoms with van der Waals surface area (Å²) in [5.41, 5.74) is 0.146. The van der Waals surface area contributed by atoms with Crippen molar-refractivity contribution in [2.45, 2.75) is 13.0 Å². The maximum Gasteiger partial charge on any atom is 0.325 e. The summed E-state index contributed by atoms with van der Waals surface area (Å²) in [4.78, 5) is 22.7. The van der Waals surface area contributed by atoms with Crippen molar-refractivity contribution in [3.05, 3.63) is 30.0 Å². The Bertz CT molecular complexity index is 664. The van der Waals surface area contributed by atoms with Gasteiger partial charge in [-0.2, -0.15) is 5.26 Å². The van der Waals surface area contributed by atoms with E-state index < -0.39 is 17.9 Å². The molecular formula is C15H17N3O5. The van der Waals surface area contributed by atoms with Crippen LogP contribution in [0.1, 0.15) is 6.92 Å². The number of carbonyl (C=O) groups is 2. The van der Waals surface area contributed by atoms with Gasteiger partial charge >= 0.3 is 5.97 Å². The zero-order valence-corrected chi connectivity index (χ0v) is 12.9. The minimum atomic E-state index is -1.10. The first-order chi connectivity index (χ1) is 10.9. The topological polar surface area (TPSA) is 121 Å². The number of ether oxygens (including phenoxy) is 2. The molecule has 1 atom stereocenters. The smallest absolute Gasteiger partial charge is 0.325 e. The van der Waals surface area contributed by atoms with Crippen molar-refractivity contribution >= 4 is 17.6 Å². The largest absolute Gasteiger partial charge is 0.493 e. The molecule has 1 unspecified atom stereocenters. The van der Waals surface area contributed by atoms with Gasteiger partial charge in [-0.25, -0.2) is 0 Å². The second kappa shape index (κ2) is 8.29. The van der Waals surface area contributed by atoms with E-state index in [-0.39, 0.29) is 5.57 Å². The van der Waals surface area contributed by atoms with Crippen LogP contribution in [0, 0.1) is 11.3 Å². The Morgan fingerprint density at radius 2 is 1.96 bits per heavy atom. The van der Waals surface area contributed by atoms with Crippen molar-refractivity contribution in [2.75, 3.05) is 19.5 Å². The van der Waals surface area contributed by atoms with Crippen LogP contribution in [0.5, 0.6) is 11.5 Å². The molecule has 0 radical (unpaired) electrons. The number of carboxylic acid groups (broad SMARTS) is 1. The van der Waals surface area contributed by atoms with Crippen LogP contribution in [0.2, 0.25) is 0 Å². The van der Waals surface area contributed by atoms with Crippen molar-refractivity contribution in [3.63, 3.8) is 0 Å². The highest BCUT2D eigenvalue weighted by atomic mass is 16.5. The Morgan fingerprint density at radius 1 is 1.30 bits per heavy atom. The van der Waals surface area contributed by atoms with Gasteiger partial charge in [0.25, 0.3) is 5.91 Å². The number of carbonyl (C=O) groups excluding carboxylic acids is 1. The summed E-state index contributed by atoms with van der Waals surface area (Å²) in [6, 6.07) is 5.51. The fraction of sp³-hybridized carbons (Fsp3) is 0.267. The monoisotopic (exact) mass is 319 g/mol. The van der Waals surface area contributed by atoms with E-state index in [0.29, 0.717) is 17.2 Å². The van der Waals surface area contributed by atoms with Crippen molar-refractivity contribution in [3.8, 4) is 17.6 Å². The molecule has 0 heterocycles. The number of hydrogen-bond donors (Lipinski definition) is 3. The fourth-order valence-electron chi connectivity index (χ4n) is 1.54. The average molecular weight is 319 g/mol. The zero-order chi connectivity index (χ0) is 17.4. The molecule has 23 heavy (non-hydrogen) atoms. The number of anilines is 1. The van der Waals surface area contributed by atoms with Crippen molar-refractivity contribution in [1.29, 1.82) is 5.26 Å². The van der Waals surface area contributed by atoms with Gasteiger partial charge in [0.05, 0.1) is 14.2 Å². The molecule has 3 N–H and O–H groups in total. The van der Waals surface area contributed by atoms with Crippen LogP contribution in [0.3, 0.4) is 0 Å². The molecule has 0 spiro atoms. The molecule has 0 aliphatic heterocycles. The van der Waals surface area contributed by atoms with Crippen molar-refractivity contribution < 1.29 is 24.2 Å². The van der Waals surface area contributed by atoms with Gasteiger partial charge in [0.15, 0.2) is 11.5 Å². The van der Waals surface area contributed by atoms with Gasteiger partial charge in [0, 0.05) is 18.0 Å². The Labute approximate surface area is 133 Å². The molecule has 0 bridgehead atoms. The summed E-state index contributed by atoms with van der Waals surface area (Å²) in [6.07, 6.45) is 1.06. The third-order valence-corrected chi connectivity index (χ3v) is 2.85. The summed E-state index contributed by atoms with van der Waals surface area (Å²) in [7, 11) is 2.95. The van der Waals surface area contributed by atoms with Gasteiger partial charge < -0.3 is 25.2 Å². The Balaban J connectivity index is 2.87. The number of hydrogen-bond acceptors (Lipinski definition) is 6. The molecule has 8 nitrogen and oxygen atoms in total. The minimum absolute atomic E-state index is 0.257. The maximum absolute atomic E-state index is 12.0. The Kier molecular flexibility index (Phi) is 6.43. The van der Waals surface area contributed by atoms with Crippen LogP contribution in [0.4, 0.5) is 5.69 Å². The molecule has 0 saturated carbocycles. The van der Waals surface area contributed by atoms with E-state index in [4.69, 9.17) is 19.8 Å². The lowest BCUT2D eigenvalue weighted by atomic mass is 10.2. The van der Waals surface area contributed by atoms with Crippen LogP contribution >= 0.6 is 0 Å². The number of carboxylic acids is 1. The zero-order valence-electron chi connectivity index (χ0n) is 12.9. The molecule has 0 aliphatic rings. The summed E-state index contributed by atoms with van der Waals surface area (Å²) >= 11 is 0. The van der Waals surface area contributed by atoms with Crippen LogP contribution in [-0.2, 0) is 9.59 Å². The highest BCUT2D eigenvalue weighted by Gasteiger charge is 2.13. The fourth-order valence-corrected chi connectivity index (χ4v) is 1.54. The lowest BCUT2D eigenvalue weighted by Crippen LogP contribution is -2.30. The van der Waals surface area contributed by atoms with E-state index in [1.54, 1.807) is 24.3 Å². The standard InChI is InChI=1S/C15H17N3O5/c1-9(15(20)21)17-8-10(7-16)14(19)18-11-4-5-12(22-2)13(6-11)23-3/h4-6,8-9,17H,1-3H3,(H,18,19)(H,20,21)/b10-8-. The molecule has 0 aliphatic carbocycles. The first kappa shape index (κ1) is 17.8. The second-order valence-electron chi connectivity index (χ2n) is 4.42.